The molecule has 1 aromatic heterocycles. The third-order valence-corrected chi connectivity index (χ3v) is 7.77. The molecule has 1 fully saturated rings. The zero-order valence-corrected chi connectivity index (χ0v) is 14.9. The molecular formula is C13H13ClN2O4S3. The van der Waals surface area contributed by atoms with Gasteiger partial charge in [-0.25, -0.2) is 21.6 Å². The average molecular weight is 393 g/mol. The fourth-order valence-corrected chi connectivity index (χ4v) is 5.68. The minimum atomic E-state index is -3.73. The van der Waals surface area contributed by atoms with Crippen LogP contribution in [0.3, 0.4) is 0 Å². The molecule has 0 atom stereocenters. The molecule has 0 unspecified atom stereocenters. The number of nitrogens with one attached hydrogen (secondary N) is 2. The lowest BCUT2D eigenvalue weighted by atomic mass is 10.3. The largest absolute Gasteiger partial charge is 0.279 e. The normalized spacial score (nSPS) is 15.5. The number of benzene rings is 1. The predicted molar refractivity (Wildman–Crippen MR) is 89.9 cm³/mol. The number of sulfonamides is 2. The Morgan fingerprint density at radius 2 is 1.61 bits per heavy atom. The molecule has 23 heavy (non-hydrogen) atoms. The van der Waals surface area contributed by atoms with Gasteiger partial charge in [0.2, 0.25) is 10.0 Å². The van der Waals surface area contributed by atoms with Gasteiger partial charge in [-0.3, -0.25) is 4.72 Å². The summed E-state index contributed by atoms with van der Waals surface area (Å²) in [5.74, 6) is 0. The van der Waals surface area contributed by atoms with Crippen molar-refractivity contribution in [1.29, 1.82) is 0 Å². The molecular weight excluding hydrogens is 380 g/mol. The van der Waals surface area contributed by atoms with Crippen molar-refractivity contribution in [2.24, 2.45) is 0 Å². The lowest BCUT2D eigenvalue weighted by molar-refractivity contribution is 0.581. The van der Waals surface area contributed by atoms with E-state index in [-0.39, 0.29) is 20.8 Å². The Morgan fingerprint density at radius 3 is 2.13 bits per heavy atom. The maximum absolute atomic E-state index is 12.2. The van der Waals surface area contributed by atoms with Crippen molar-refractivity contribution < 1.29 is 16.8 Å². The second kappa shape index (κ2) is 6.06. The first kappa shape index (κ1) is 16.7. The van der Waals surface area contributed by atoms with Gasteiger partial charge in [0.15, 0.2) is 0 Å². The van der Waals surface area contributed by atoms with Crippen LogP contribution in [0.5, 0.6) is 0 Å². The Morgan fingerprint density at radius 1 is 0.957 bits per heavy atom. The summed E-state index contributed by atoms with van der Waals surface area (Å²) in [5, 5.41) is 0. The van der Waals surface area contributed by atoms with Gasteiger partial charge in [-0.15, -0.1) is 11.3 Å². The first-order valence-electron chi connectivity index (χ1n) is 6.67. The van der Waals surface area contributed by atoms with Crippen LogP contribution in [-0.4, -0.2) is 22.9 Å². The van der Waals surface area contributed by atoms with Crippen LogP contribution < -0.4 is 9.44 Å². The molecule has 0 radical (unpaired) electrons. The van der Waals surface area contributed by atoms with Gasteiger partial charge in [-0.2, -0.15) is 0 Å². The van der Waals surface area contributed by atoms with Crippen molar-refractivity contribution in [3.63, 3.8) is 0 Å². The average Bonchev–Trinajstić information content (AvgIpc) is 3.15. The summed E-state index contributed by atoms with van der Waals surface area (Å²) in [7, 11) is -7.28. The lowest BCUT2D eigenvalue weighted by Gasteiger charge is -2.08. The molecule has 124 valence electrons. The summed E-state index contributed by atoms with van der Waals surface area (Å²) >= 11 is 6.68. The predicted octanol–water partition coefficient (Wildman–Crippen LogP) is 2.64. The lowest BCUT2D eigenvalue weighted by Crippen LogP contribution is -2.25. The van der Waals surface area contributed by atoms with E-state index in [0.29, 0.717) is 4.34 Å². The Labute approximate surface area is 143 Å². The molecule has 0 aliphatic heterocycles. The van der Waals surface area contributed by atoms with Gasteiger partial charge in [-0.1, -0.05) is 11.6 Å². The number of halogens is 1. The Balaban J connectivity index is 1.77. The van der Waals surface area contributed by atoms with E-state index in [9.17, 15) is 16.8 Å². The Kier molecular flexibility index (Phi) is 4.41. The summed E-state index contributed by atoms with van der Waals surface area (Å²) < 4.78 is 53.8. The van der Waals surface area contributed by atoms with Crippen LogP contribution in [0.25, 0.3) is 0 Å². The molecule has 1 aromatic carbocycles. The first-order chi connectivity index (χ1) is 10.8. The number of rotatable bonds is 6. The van der Waals surface area contributed by atoms with Gasteiger partial charge in [0.05, 0.1) is 9.23 Å². The van der Waals surface area contributed by atoms with Crippen molar-refractivity contribution in [3.8, 4) is 0 Å². The molecule has 3 rings (SSSR count). The van der Waals surface area contributed by atoms with E-state index < -0.39 is 20.0 Å². The fraction of sp³-hybridized carbons (Fsp3) is 0.231. The van der Waals surface area contributed by atoms with Crippen LogP contribution in [0.2, 0.25) is 4.34 Å². The number of hydrogen-bond acceptors (Lipinski definition) is 5. The highest BCUT2D eigenvalue weighted by Crippen LogP contribution is 2.28. The summed E-state index contributed by atoms with van der Waals surface area (Å²) in [6, 6.07) is 8.48. The highest BCUT2D eigenvalue weighted by molar-refractivity contribution is 7.94. The molecule has 0 bridgehead atoms. The summed E-state index contributed by atoms with van der Waals surface area (Å²) in [5.41, 5.74) is 0.278. The van der Waals surface area contributed by atoms with Crippen LogP contribution in [0.15, 0.2) is 45.5 Å². The minimum absolute atomic E-state index is 0.0155. The van der Waals surface area contributed by atoms with Crippen LogP contribution in [-0.2, 0) is 20.0 Å². The van der Waals surface area contributed by atoms with Crippen molar-refractivity contribution in [3.05, 3.63) is 40.7 Å². The molecule has 1 saturated carbocycles. The fourth-order valence-electron chi connectivity index (χ4n) is 1.84. The topological polar surface area (TPSA) is 92.3 Å². The summed E-state index contributed by atoms with van der Waals surface area (Å²) in [6.07, 6.45) is 1.70. The third-order valence-electron chi connectivity index (χ3n) is 3.13. The maximum Gasteiger partial charge on any atom is 0.271 e. The number of thiophene rings is 1. The van der Waals surface area contributed by atoms with Crippen LogP contribution in [0.1, 0.15) is 12.8 Å². The standard InChI is InChI=1S/C13H13ClN2O4S3/c14-12-7-8-13(21-12)23(19,20)16-10-3-5-11(6-4-10)22(17,18)15-9-1-2-9/h3-9,15-16H,1-2H2. The van der Waals surface area contributed by atoms with Crippen molar-refractivity contribution in [1.82, 2.24) is 4.72 Å². The molecule has 0 spiro atoms. The highest BCUT2D eigenvalue weighted by atomic mass is 35.5. The second-order valence-corrected chi connectivity index (χ2v) is 10.4. The summed E-state index contributed by atoms with van der Waals surface area (Å²) in [4.78, 5) is 0.103. The van der Waals surface area contributed by atoms with Crippen LogP contribution in [0.4, 0.5) is 5.69 Å². The van der Waals surface area contributed by atoms with Gasteiger partial charge >= 0.3 is 0 Å². The van der Waals surface area contributed by atoms with Crippen molar-refractivity contribution in [2.75, 3.05) is 4.72 Å². The highest BCUT2D eigenvalue weighted by Gasteiger charge is 2.28. The molecule has 2 N–H and O–H groups in total. The van der Waals surface area contributed by atoms with E-state index in [2.05, 4.69) is 9.44 Å². The van der Waals surface area contributed by atoms with Crippen molar-refractivity contribution in [2.45, 2.75) is 28.0 Å². The van der Waals surface area contributed by atoms with Gasteiger partial charge in [0, 0.05) is 11.7 Å². The maximum atomic E-state index is 12.2. The molecule has 1 aliphatic carbocycles. The van der Waals surface area contributed by atoms with Gasteiger partial charge < -0.3 is 0 Å². The quantitative estimate of drug-likeness (QED) is 0.790. The van der Waals surface area contributed by atoms with E-state index in [4.69, 9.17) is 11.6 Å². The van der Waals surface area contributed by atoms with E-state index in [0.717, 1.165) is 24.2 Å². The van der Waals surface area contributed by atoms with Gasteiger partial charge in [-0.05, 0) is 49.2 Å². The molecule has 1 aliphatic rings. The monoisotopic (exact) mass is 392 g/mol. The molecule has 10 heteroatoms. The molecule has 0 saturated heterocycles. The Bertz CT molecular complexity index is 916. The van der Waals surface area contributed by atoms with E-state index in [1.54, 1.807) is 0 Å². The third kappa shape index (κ3) is 4.04. The Hall–Kier alpha value is -1.13. The first-order valence-corrected chi connectivity index (χ1v) is 10.8. The number of anilines is 1. The minimum Gasteiger partial charge on any atom is -0.279 e. The van der Waals surface area contributed by atoms with Gasteiger partial charge in [0.25, 0.3) is 10.0 Å². The molecule has 0 amide bonds. The molecule has 6 nitrogen and oxygen atoms in total. The molecule has 2 aromatic rings. The SMILES string of the molecule is O=S(=O)(NC1CC1)c1ccc(NS(=O)(=O)c2ccc(Cl)s2)cc1. The summed E-state index contributed by atoms with van der Waals surface area (Å²) in [6.45, 7) is 0. The van der Waals surface area contributed by atoms with Crippen LogP contribution in [0, 0.1) is 0 Å². The van der Waals surface area contributed by atoms with E-state index >= 15 is 0 Å². The second-order valence-electron chi connectivity index (χ2n) is 5.08. The zero-order valence-electron chi connectivity index (χ0n) is 11.7. The van der Waals surface area contributed by atoms with Gasteiger partial charge in [0.1, 0.15) is 4.21 Å². The van der Waals surface area contributed by atoms with Crippen molar-refractivity contribution >= 4 is 48.7 Å². The number of hydrogen-bond donors (Lipinski definition) is 2. The zero-order chi connectivity index (χ0) is 16.7. The van der Waals surface area contributed by atoms with E-state index in [1.165, 1.54) is 36.4 Å². The molecule has 1 heterocycles. The van der Waals surface area contributed by atoms with Crippen LogP contribution >= 0.6 is 22.9 Å². The smallest absolute Gasteiger partial charge is 0.271 e. The van der Waals surface area contributed by atoms with E-state index in [1.807, 2.05) is 0 Å².